The summed E-state index contributed by atoms with van der Waals surface area (Å²) >= 11 is 0. The standard InChI is InChI=1S/C16H18N2O3/c19-16(20)12-8-9-13-15(12)18-14(17-13)7-4-10-21-11-5-2-1-3-6-11/h1-3,5-6,12H,4,7-10H2,(H,17,18)(H,19,20). The van der Waals surface area contributed by atoms with Crippen molar-refractivity contribution in [2.24, 2.45) is 0 Å². The maximum Gasteiger partial charge on any atom is 0.312 e. The first kappa shape index (κ1) is 13.7. The maximum atomic E-state index is 11.1. The third-order valence-electron chi connectivity index (χ3n) is 3.74. The van der Waals surface area contributed by atoms with Crippen LogP contribution in [0.25, 0.3) is 0 Å². The van der Waals surface area contributed by atoms with Crippen molar-refractivity contribution in [2.75, 3.05) is 6.61 Å². The van der Waals surface area contributed by atoms with Crippen LogP contribution in [0.4, 0.5) is 0 Å². The quantitative estimate of drug-likeness (QED) is 0.800. The zero-order valence-electron chi connectivity index (χ0n) is 11.7. The van der Waals surface area contributed by atoms with Gasteiger partial charge in [0.05, 0.1) is 12.3 Å². The molecule has 1 aliphatic rings. The molecule has 1 atom stereocenters. The van der Waals surface area contributed by atoms with Gasteiger partial charge in [-0.05, 0) is 31.4 Å². The summed E-state index contributed by atoms with van der Waals surface area (Å²) in [5.41, 5.74) is 1.71. The number of hydrogen-bond acceptors (Lipinski definition) is 3. The molecule has 0 amide bonds. The van der Waals surface area contributed by atoms with Gasteiger partial charge in [-0.2, -0.15) is 0 Å². The molecule has 2 aromatic rings. The van der Waals surface area contributed by atoms with Gasteiger partial charge in [-0.1, -0.05) is 18.2 Å². The van der Waals surface area contributed by atoms with Gasteiger partial charge in [0.2, 0.25) is 0 Å². The molecular weight excluding hydrogens is 268 g/mol. The predicted octanol–water partition coefficient (Wildman–Crippen LogP) is 2.54. The molecule has 0 saturated heterocycles. The highest BCUT2D eigenvalue weighted by Crippen LogP contribution is 2.31. The Morgan fingerprint density at radius 1 is 1.38 bits per heavy atom. The Morgan fingerprint density at radius 2 is 2.19 bits per heavy atom. The molecule has 3 rings (SSSR count). The van der Waals surface area contributed by atoms with E-state index in [2.05, 4.69) is 9.97 Å². The molecule has 0 aliphatic heterocycles. The van der Waals surface area contributed by atoms with E-state index >= 15 is 0 Å². The third-order valence-corrected chi connectivity index (χ3v) is 3.74. The molecule has 5 heteroatoms. The molecular formula is C16H18N2O3. The molecule has 0 bridgehead atoms. The molecule has 5 nitrogen and oxygen atoms in total. The van der Waals surface area contributed by atoms with Crippen LogP contribution in [0.3, 0.4) is 0 Å². The average Bonchev–Trinajstić information content (AvgIpc) is 3.04. The first-order valence-electron chi connectivity index (χ1n) is 7.22. The van der Waals surface area contributed by atoms with E-state index < -0.39 is 11.9 Å². The van der Waals surface area contributed by atoms with Crippen molar-refractivity contribution in [1.82, 2.24) is 9.97 Å². The zero-order chi connectivity index (χ0) is 14.7. The summed E-state index contributed by atoms with van der Waals surface area (Å²) in [4.78, 5) is 18.8. The molecule has 0 saturated carbocycles. The molecule has 1 aromatic heterocycles. The van der Waals surface area contributed by atoms with Crippen LogP contribution >= 0.6 is 0 Å². The van der Waals surface area contributed by atoms with Crippen LogP contribution in [-0.2, 0) is 17.6 Å². The van der Waals surface area contributed by atoms with E-state index in [9.17, 15) is 4.79 Å². The van der Waals surface area contributed by atoms with Crippen molar-refractivity contribution < 1.29 is 14.6 Å². The van der Waals surface area contributed by atoms with E-state index in [1.165, 1.54) is 0 Å². The Bertz CT molecular complexity index is 622. The monoisotopic (exact) mass is 286 g/mol. The summed E-state index contributed by atoms with van der Waals surface area (Å²) in [6.45, 7) is 0.623. The number of rotatable bonds is 6. The Hall–Kier alpha value is -2.30. The molecule has 0 spiro atoms. The van der Waals surface area contributed by atoms with Crippen LogP contribution in [0.2, 0.25) is 0 Å². The van der Waals surface area contributed by atoms with Gasteiger partial charge in [-0.15, -0.1) is 0 Å². The number of aliphatic carboxylic acids is 1. The highest BCUT2D eigenvalue weighted by molar-refractivity contribution is 5.76. The summed E-state index contributed by atoms with van der Waals surface area (Å²) in [5.74, 6) is 0.512. The Labute approximate surface area is 123 Å². The summed E-state index contributed by atoms with van der Waals surface area (Å²) in [6.07, 6.45) is 3.05. The summed E-state index contributed by atoms with van der Waals surface area (Å²) in [6, 6.07) is 9.70. The smallest absolute Gasteiger partial charge is 0.312 e. The number of carboxylic acids is 1. The number of hydrogen-bond donors (Lipinski definition) is 2. The lowest BCUT2D eigenvalue weighted by Crippen LogP contribution is -2.09. The van der Waals surface area contributed by atoms with E-state index in [-0.39, 0.29) is 0 Å². The number of fused-ring (bicyclic) bond motifs is 1. The van der Waals surface area contributed by atoms with Crippen LogP contribution < -0.4 is 4.74 Å². The van der Waals surface area contributed by atoms with Crippen molar-refractivity contribution in [1.29, 1.82) is 0 Å². The number of H-pyrrole nitrogens is 1. The number of benzene rings is 1. The van der Waals surface area contributed by atoms with Gasteiger partial charge in [0.1, 0.15) is 17.5 Å². The topological polar surface area (TPSA) is 75.2 Å². The van der Waals surface area contributed by atoms with Crippen LogP contribution in [0, 0.1) is 0 Å². The molecule has 1 unspecified atom stereocenters. The number of nitrogens with zero attached hydrogens (tertiary/aromatic N) is 1. The van der Waals surface area contributed by atoms with E-state index in [1.807, 2.05) is 30.3 Å². The first-order chi connectivity index (χ1) is 10.2. The van der Waals surface area contributed by atoms with Gasteiger partial charge in [-0.25, -0.2) is 4.98 Å². The minimum absolute atomic E-state index is 0.439. The number of para-hydroxylation sites is 1. The second-order valence-corrected chi connectivity index (χ2v) is 5.24. The fraction of sp³-hybridized carbons (Fsp3) is 0.375. The Kier molecular flexibility index (Phi) is 3.90. The molecule has 0 radical (unpaired) electrons. The summed E-state index contributed by atoms with van der Waals surface area (Å²) in [7, 11) is 0. The van der Waals surface area contributed by atoms with Crippen LogP contribution in [-0.4, -0.2) is 27.7 Å². The minimum atomic E-state index is -0.779. The van der Waals surface area contributed by atoms with E-state index in [0.29, 0.717) is 13.0 Å². The van der Waals surface area contributed by atoms with Crippen LogP contribution in [0.5, 0.6) is 5.75 Å². The van der Waals surface area contributed by atoms with Crippen LogP contribution in [0.1, 0.15) is 36.0 Å². The highest BCUT2D eigenvalue weighted by atomic mass is 16.5. The fourth-order valence-corrected chi connectivity index (χ4v) is 2.69. The van der Waals surface area contributed by atoms with Gasteiger partial charge in [0, 0.05) is 12.1 Å². The van der Waals surface area contributed by atoms with E-state index in [0.717, 1.165) is 42.2 Å². The van der Waals surface area contributed by atoms with Crippen molar-refractivity contribution in [3.8, 4) is 5.75 Å². The molecule has 2 N–H and O–H groups in total. The minimum Gasteiger partial charge on any atom is -0.494 e. The van der Waals surface area contributed by atoms with Crippen LogP contribution in [0.15, 0.2) is 30.3 Å². The van der Waals surface area contributed by atoms with Gasteiger partial charge in [-0.3, -0.25) is 4.79 Å². The number of carboxylic acid groups (broad SMARTS) is 1. The number of ether oxygens (including phenoxy) is 1. The first-order valence-corrected chi connectivity index (χ1v) is 7.22. The number of aromatic nitrogens is 2. The zero-order valence-corrected chi connectivity index (χ0v) is 11.7. The number of imidazole rings is 1. The fourth-order valence-electron chi connectivity index (χ4n) is 2.69. The number of nitrogens with one attached hydrogen (secondary N) is 1. The second-order valence-electron chi connectivity index (χ2n) is 5.24. The van der Waals surface area contributed by atoms with Crippen molar-refractivity contribution >= 4 is 5.97 Å². The molecule has 1 heterocycles. The van der Waals surface area contributed by atoms with Gasteiger partial charge in [0.15, 0.2) is 0 Å². The second kappa shape index (κ2) is 5.99. The lowest BCUT2D eigenvalue weighted by atomic mass is 10.1. The SMILES string of the molecule is O=C(O)C1CCc2[nH]c(CCCOc3ccccc3)nc21. The third kappa shape index (κ3) is 3.07. The van der Waals surface area contributed by atoms with Crippen molar-refractivity contribution in [3.63, 3.8) is 0 Å². The lowest BCUT2D eigenvalue weighted by molar-refractivity contribution is -0.138. The lowest BCUT2D eigenvalue weighted by Gasteiger charge is -2.05. The van der Waals surface area contributed by atoms with Gasteiger partial charge in [0.25, 0.3) is 0 Å². The molecule has 1 aromatic carbocycles. The maximum absolute atomic E-state index is 11.1. The normalized spacial score (nSPS) is 16.7. The summed E-state index contributed by atoms with van der Waals surface area (Å²) < 4.78 is 5.63. The molecule has 1 aliphatic carbocycles. The molecule has 21 heavy (non-hydrogen) atoms. The Balaban J connectivity index is 1.51. The number of aryl methyl sites for hydroxylation is 2. The van der Waals surface area contributed by atoms with Crippen molar-refractivity contribution in [2.45, 2.75) is 31.6 Å². The number of carbonyl (C=O) groups is 1. The summed E-state index contributed by atoms with van der Waals surface area (Å²) in [5, 5.41) is 9.14. The molecule has 0 fully saturated rings. The van der Waals surface area contributed by atoms with E-state index in [4.69, 9.17) is 9.84 Å². The van der Waals surface area contributed by atoms with Crippen molar-refractivity contribution in [3.05, 3.63) is 47.5 Å². The highest BCUT2D eigenvalue weighted by Gasteiger charge is 2.31. The Morgan fingerprint density at radius 3 is 2.95 bits per heavy atom. The van der Waals surface area contributed by atoms with Gasteiger partial charge < -0.3 is 14.8 Å². The molecule has 110 valence electrons. The van der Waals surface area contributed by atoms with Gasteiger partial charge >= 0.3 is 5.97 Å². The average molecular weight is 286 g/mol. The predicted molar refractivity (Wildman–Crippen MR) is 77.5 cm³/mol. The largest absolute Gasteiger partial charge is 0.494 e. The van der Waals surface area contributed by atoms with E-state index in [1.54, 1.807) is 0 Å². The number of aromatic amines is 1.